The van der Waals surface area contributed by atoms with Crippen LogP contribution in [0, 0.1) is 13.8 Å². The minimum atomic E-state index is -0.109. The van der Waals surface area contributed by atoms with E-state index in [0.29, 0.717) is 11.4 Å². The molecule has 204 valence electrons. The largest absolute Gasteiger partial charge is 0.496 e. The lowest BCUT2D eigenvalue weighted by Crippen LogP contribution is -2.19. The number of methoxy groups -OCH3 is 1. The van der Waals surface area contributed by atoms with Gasteiger partial charge in [0.05, 0.1) is 18.9 Å². The summed E-state index contributed by atoms with van der Waals surface area (Å²) in [5, 5.41) is 17.5. The van der Waals surface area contributed by atoms with Gasteiger partial charge in [0.2, 0.25) is 0 Å². The number of carbonyl (C=O) groups is 1. The van der Waals surface area contributed by atoms with Gasteiger partial charge in [-0.05, 0) is 81.3 Å². The average molecular weight is 521 g/mol. The minimum Gasteiger partial charge on any atom is -0.496 e. The molecule has 1 fully saturated rings. The highest BCUT2D eigenvalue weighted by molar-refractivity contribution is 5.97. The fourth-order valence-corrected chi connectivity index (χ4v) is 3.84. The zero-order chi connectivity index (χ0) is 28.1. The van der Waals surface area contributed by atoms with Crippen LogP contribution in [0.1, 0.15) is 40.4 Å². The van der Waals surface area contributed by atoms with Crippen LogP contribution in [-0.2, 0) is 0 Å². The van der Waals surface area contributed by atoms with Crippen molar-refractivity contribution in [2.45, 2.75) is 33.3 Å². The van der Waals surface area contributed by atoms with Crippen molar-refractivity contribution in [2.24, 2.45) is 10.7 Å². The Morgan fingerprint density at radius 1 is 1.26 bits per heavy atom. The van der Waals surface area contributed by atoms with Crippen LogP contribution in [0.3, 0.4) is 0 Å². The maximum absolute atomic E-state index is 11.8. The highest BCUT2D eigenvalue weighted by Crippen LogP contribution is 2.25. The molecule has 1 aliphatic heterocycles. The number of nitrogens with two attached hydrogens (primary N) is 1. The van der Waals surface area contributed by atoms with Gasteiger partial charge in [0.1, 0.15) is 11.6 Å². The predicted octanol–water partition coefficient (Wildman–Crippen LogP) is 3.72. The van der Waals surface area contributed by atoms with Crippen LogP contribution in [0.2, 0.25) is 0 Å². The van der Waals surface area contributed by atoms with Crippen LogP contribution < -0.4 is 26.4 Å². The van der Waals surface area contributed by atoms with Gasteiger partial charge >= 0.3 is 0 Å². The first kappa shape index (κ1) is 30.1. The molecule has 1 heterocycles. The van der Waals surface area contributed by atoms with Gasteiger partial charge in [0.15, 0.2) is 0 Å². The maximum Gasteiger partial charge on any atom is 0.251 e. The molecule has 0 bridgehead atoms. The Morgan fingerprint density at radius 2 is 2.03 bits per heavy atom. The highest BCUT2D eigenvalue weighted by Gasteiger charge is 2.10. The van der Waals surface area contributed by atoms with Crippen molar-refractivity contribution in [1.29, 1.82) is 0 Å². The molecular weight excluding hydrogens is 480 g/mol. The third-order valence-electron chi connectivity index (χ3n) is 5.88. The van der Waals surface area contributed by atoms with Crippen LogP contribution in [-0.4, -0.2) is 55.1 Å². The number of β-amino-alcohol motifs (C(OH)–C–C–N with tert-alkyl or cyclic N) is 1. The number of hydrogen-bond donors (Lipinski definition) is 5. The fraction of sp³-hybridized carbons (Fsp3) is 0.310. The second-order valence-electron chi connectivity index (χ2n) is 8.72. The number of aliphatic imine (C=N–C) groups is 1. The molecule has 0 radical (unpaired) electrons. The van der Waals surface area contributed by atoms with Gasteiger partial charge in [-0.3, -0.25) is 4.79 Å². The number of rotatable bonds is 8. The Morgan fingerprint density at radius 3 is 2.53 bits per heavy atom. The van der Waals surface area contributed by atoms with E-state index in [4.69, 9.17) is 15.6 Å². The summed E-state index contributed by atoms with van der Waals surface area (Å²) in [6.45, 7) is 11.4. The number of ether oxygens (including phenoxy) is 1. The summed E-state index contributed by atoms with van der Waals surface area (Å²) >= 11 is 0. The maximum atomic E-state index is 11.8. The number of aliphatic hydroxyl groups excluding tert-OH is 1. The Kier molecular flexibility index (Phi) is 12.1. The number of hydrogen-bond acceptors (Lipinski definition) is 7. The molecule has 2 aromatic rings. The van der Waals surface area contributed by atoms with Gasteiger partial charge in [-0.2, -0.15) is 0 Å². The number of carbonyl (C=O) groups excluding carboxylic acids is 1. The van der Waals surface area contributed by atoms with E-state index in [2.05, 4.69) is 27.5 Å². The second kappa shape index (κ2) is 15.2. The molecule has 1 amide bonds. The molecule has 0 spiro atoms. The van der Waals surface area contributed by atoms with E-state index in [1.54, 1.807) is 43.7 Å². The third kappa shape index (κ3) is 8.79. The van der Waals surface area contributed by atoms with Crippen molar-refractivity contribution in [1.82, 2.24) is 15.5 Å². The Labute approximate surface area is 225 Å². The number of benzene rings is 2. The van der Waals surface area contributed by atoms with Crippen molar-refractivity contribution in [2.75, 3.05) is 32.6 Å². The molecule has 1 saturated heterocycles. The molecule has 1 aliphatic rings. The molecular formula is C29H40N6O3. The third-order valence-corrected chi connectivity index (χ3v) is 5.88. The zero-order valence-corrected chi connectivity index (χ0v) is 22.9. The normalized spacial score (nSPS) is 15.5. The Hall–Kier alpha value is -4.08. The topological polar surface area (TPSA) is 124 Å². The lowest BCUT2D eigenvalue weighted by molar-refractivity contribution is 0.0962. The molecule has 6 N–H and O–H groups in total. The van der Waals surface area contributed by atoms with E-state index in [-0.39, 0.29) is 12.0 Å². The molecule has 1 atom stereocenters. The van der Waals surface area contributed by atoms with Crippen molar-refractivity contribution < 1.29 is 14.6 Å². The number of aliphatic hydroxyl groups is 1. The highest BCUT2D eigenvalue weighted by atomic mass is 16.5. The van der Waals surface area contributed by atoms with Gasteiger partial charge in [-0.1, -0.05) is 6.58 Å². The van der Waals surface area contributed by atoms with Crippen molar-refractivity contribution in [3.8, 4) is 5.75 Å². The smallest absolute Gasteiger partial charge is 0.251 e. The average Bonchev–Trinajstić information content (AvgIpc) is 3.39. The molecule has 38 heavy (non-hydrogen) atoms. The molecule has 3 rings (SSSR count). The number of amidine groups is 1. The first-order chi connectivity index (χ1) is 18.2. The van der Waals surface area contributed by atoms with Crippen LogP contribution in [0.15, 0.2) is 72.8 Å². The molecule has 9 heteroatoms. The number of nitrogens with one attached hydrogen (secondary N) is 3. The lowest BCUT2D eigenvalue weighted by Gasteiger charge is -2.19. The van der Waals surface area contributed by atoms with E-state index in [0.717, 1.165) is 53.3 Å². The summed E-state index contributed by atoms with van der Waals surface area (Å²) in [6, 6.07) is 11.4. The lowest BCUT2D eigenvalue weighted by atomic mass is 10.1. The number of aryl methyl sites for hydroxylation is 2. The minimum absolute atomic E-state index is 0.0648. The molecule has 0 saturated carbocycles. The predicted molar refractivity (Wildman–Crippen MR) is 156 cm³/mol. The standard InChI is InChI=1S/C25H31N5O2.C4H9NO/c1-7-30(23(16-26)20-8-11-24(32-6)18(3)14-20)13-12-28-19(4)29-21-9-10-22(17(2)15-21)25(31)27-5;6-4-1-2-5-3-4/h7-16H,1,26H2,2-6H3,(H,27,31)(H,28,29);4-6H,1-3H2/b13-12-,23-16-;. The van der Waals surface area contributed by atoms with Crippen LogP contribution >= 0.6 is 0 Å². The number of amides is 1. The quantitative estimate of drug-likeness (QED) is 0.265. The van der Waals surface area contributed by atoms with Crippen LogP contribution in [0.25, 0.3) is 5.70 Å². The van der Waals surface area contributed by atoms with Gasteiger partial charge in [-0.15, -0.1) is 0 Å². The van der Waals surface area contributed by atoms with Crippen LogP contribution in [0.4, 0.5) is 5.69 Å². The summed E-state index contributed by atoms with van der Waals surface area (Å²) in [4.78, 5) is 18.1. The monoisotopic (exact) mass is 520 g/mol. The molecule has 0 aromatic heterocycles. The summed E-state index contributed by atoms with van der Waals surface area (Å²) < 4.78 is 5.33. The van der Waals surface area contributed by atoms with Gasteiger partial charge in [0.25, 0.3) is 5.91 Å². The zero-order valence-electron chi connectivity index (χ0n) is 22.9. The first-order valence-corrected chi connectivity index (χ1v) is 12.4. The SMILES string of the molecule is C=CN(/C=C\N=C(C)Nc1ccc(C(=O)NC)c(C)c1)/C(=C\N)c1ccc(OC)c(C)c1.OC1CCNC1. The summed E-state index contributed by atoms with van der Waals surface area (Å²) in [5.74, 6) is 1.40. The van der Waals surface area contributed by atoms with Crippen LogP contribution in [0.5, 0.6) is 5.75 Å². The molecule has 1 unspecified atom stereocenters. The number of nitrogens with zero attached hydrogens (tertiary/aromatic N) is 2. The van der Waals surface area contributed by atoms with E-state index in [1.165, 1.54) is 6.20 Å². The molecule has 9 nitrogen and oxygen atoms in total. The van der Waals surface area contributed by atoms with Crippen molar-refractivity contribution in [3.05, 3.63) is 90.0 Å². The van der Waals surface area contributed by atoms with Crippen molar-refractivity contribution in [3.63, 3.8) is 0 Å². The molecule has 0 aliphatic carbocycles. The number of anilines is 1. The summed E-state index contributed by atoms with van der Waals surface area (Å²) in [7, 11) is 3.26. The van der Waals surface area contributed by atoms with Gasteiger partial charge < -0.3 is 36.4 Å². The molecule has 2 aromatic carbocycles. The Balaban J connectivity index is 0.000000739. The summed E-state index contributed by atoms with van der Waals surface area (Å²) in [6.07, 6.45) is 7.49. The van der Waals surface area contributed by atoms with E-state index in [1.807, 2.05) is 51.1 Å². The van der Waals surface area contributed by atoms with E-state index in [9.17, 15) is 4.79 Å². The van der Waals surface area contributed by atoms with Gasteiger partial charge in [-0.25, -0.2) is 4.99 Å². The summed E-state index contributed by atoms with van der Waals surface area (Å²) in [5.41, 5.74) is 11.0. The van der Waals surface area contributed by atoms with E-state index >= 15 is 0 Å². The van der Waals surface area contributed by atoms with Gasteiger partial charge in [0, 0.05) is 55.2 Å². The van der Waals surface area contributed by atoms with E-state index < -0.39 is 0 Å². The van der Waals surface area contributed by atoms with Crippen molar-refractivity contribution >= 4 is 23.1 Å². The first-order valence-electron chi connectivity index (χ1n) is 12.4. The fourth-order valence-electron chi connectivity index (χ4n) is 3.84. The Bertz CT molecular complexity index is 1180. The second-order valence-corrected chi connectivity index (χ2v) is 8.72.